The molecule has 0 bridgehead atoms. The van der Waals surface area contributed by atoms with E-state index in [0.29, 0.717) is 6.17 Å². The first-order valence-electron chi connectivity index (χ1n) is 4.95. The number of hydrogen-bond donors (Lipinski definition) is 1. The SMILES string of the molecule is [CH2-][NH+]1CCN(C2C=CCC=N2)CC1. The lowest BCUT2D eigenvalue weighted by molar-refractivity contribution is -0.858. The van der Waals surface area contributed by atoms with E-state index >= 15 is 0 Å². The van der Waals surface area contributed by atoms with E-state index in [1.54, 1.807) is 0 Å². The maximum atomic E-state index is 4.46. The van der Waals surface area contributed by atoms with Gasteiger partial charge in [0.05, 0.1) is 13.1 Å². The number of piperazine rings is 1. The topological polar surface area (TPSA) is 20.0 Å². The summed E-state index contributed by atoms with van der Waals surface area (Å²) in [7, 11) is 4.01. The molecule has 1 atom stereocenters. The normalized spacial score (nSPS) is 31.0. The van der Waals surface area contributed by atoms with Crippen molar-refractivity contribution in [1.29, 1.82) is 0 Å². The number of nitrogens with one attached hydrogen (secondary N) is 1. The molecule has 0 aliphatic carbocycles. The number of allylic oxidation sites excluding steroid dienone is 1. The van der Waals surface area contributed by atoms with Crippen LogP contribution in [0.3, 0.4) is 0 Å². The molecule has 3 heteroatoms. The highest BCUT2D eigenvalue weighted by molar-refractivity contribution is 5.61. The third-order valence-electron chi connectivity index (χ3n) is 2.69. The van der Waals surface area contributed by atoms with E-state index in [9.17, 15) is 0 Å². The van der Waals surface area contributed by atoms with Gasteiger partial charge in [0.25, 0.3) is 0 Å². The number of aliphatic imine (C=N–C) groups is 1. The van der Waals surface area contributed by atoms with Crippen molar-refractivity contribution in [1.82, 2.24) is 4.90 Å². The van der Waals surface area contributed by atoms with E-state index < -0.39 is 0 Å². The molecule has 3 nitrogen and oxygen atoms in total. The third-order valence-corrected chi connectivity index (χ3v) is 2.69. The van der Waals surface area contributed by atoms with E-state index in [1.165, 1.54) is 4.90 Å². The minimum absolute atomic E-state index is 0.307. The Labute approximate surface area is 79.7 Å². The Morgan fingerprint density at radius 1 is 1.38 bits per heavy atom. The predicted octanol–water partition coefficient (Wildman–Crippen LogP) is -0.665. The van der Waals surface area contributed by atoms with Crippen molar-refractivity contribution >= 4 is 6.21 Å². The van der Waals surface area contributed by atoms with Crippen molar-refractivity contribution in [3.05, 3.63) is 19.2 Å². The molecule has 0 spiro atoms. The van der Waals surface area contributed by atoms with E-state index in [1.807, 2.05) is 6.21 Å². The van der Waals surface area contributed by atoms with Gasteiger partial charge in [0.15, 0.2) is 0 Å². The monoisotopic (exact) mass is 179 g/mol. The summed E-state index contributed by atoms with van der Waals surface area (Å²) >= 11 is 0. The molecule has 2 aliphatic heterocycles. The Balaban J connectivity index is 1.90. The van der Waals surface area contributed by atoms with Crippen molar-refractivity contribution < 1.29 is 4.90 Å². The number of rotatable bonds is 1. The van der Waals surface area contributed by atoms with Crippen LogP contribution in [0.4, 0.5) is 0 Å². The van der Waals surface area contributed by atoms with Crippen LogP contribution >= 0.6 is 0 Å². The molecule has 0 aromatic heterocycles. The molecule has 1 saturated heterocycles. The minimum atomic E-state index is 0.307. The van der Waals surface area contributed by atoms with Gasteiger partial charge in [0, 0.05) is 25.7 Å². The number of quaternary nitrogens is 1. The fraction of sp³-hybridized carbons (Fsp3) is 0.600. The maximum Gasteiger partial charge on any atom is 0.121 e. The molecule has 0 aromatic rings. The predicted molar refractivity (Wildman–Crippen MR) is 53.7 cm³/mol. The number of dihydropyridines is 1. The van der Waals surface area contributed by atoms with Crippen LogP contribution in [-0.4, -0.2) is 43.5 Å². The molecule has 0 saturated carbocycles. The van der Waals surface area contributed by atoms with Crippen LogP contribution in [0.5, 0.6) is 0 Å². The van der Waals surface area contributed by atoms with Crippen molar-refractivity contribution in [3.63, 3.8) is 0 Å². The highest BCUT2D eigenvalue weighted by Gasteiger charge is 2.20. The van der Waals surface area contributed by atoms with Gasteiger partial charge in [-0.15, -0.1) is 0 Å². The molecule has 1 unspecified atom stereocenters. The van der Waals surface area contributed by atoms with Crippen molar-refractivity contribution in [2.45, 2.75) is 12.6 Å². The van der Waals surface area contributed by atoms with E-state index in [-0.39, 0.29) is 0 Å². The summed E-state index contributed by atoms with van der Waals surface area (Å²) in [5.41, 5.74) is 0. The smallest absolute Gasteiger partial charge is 0.121 e. The van der Waals surface area contributed by atoms with Crippen LogP contribution in [-0.2, 0) is 0 Å². The lowest BCUT2D eigenvalue weighted by Crippen LogP contribution is -3.10. The zero-order chi connectivity index (χ0) is 9.10. The molecule has 1 fully saturated rings. The van der Waals surface area contributed by atoms with Crippen LogP contribution in [0, 0.1) is 7.05 Å². The second-order valence-electron chi connectivity index (χ2n) is 3.70. The quantitative estimate of drug-likeness (QED) is 0.418. The molecular weight excluding hydrogens is 162 g/mol. The van der Waals surface area contributed by atoms with Gasteiger partial charge in [-0.1, -0.05) is 6.08 Å². The van der Waals surface area contributed by atoms with Gasteiger partial charge in [-0.25, -0.2) is 0 Å². The minimum Gasteiger partial charge on any atom is -0.466 e. The molecule has 2 aliphatic rings. The Morgan fingerprint density at radius 3 is 2.77 bits per heavy atom. The number of nitrogens with zero attached hydrogens (tertiary/aromatic N) is 2. The standard InChI is InChI=1S/C10H17N3/c1-12-6-8-13(9-7-12)10-4-2-3-5-11-10/h2,4-5,10,12H,1,3,6-9H2. The van der Waals surface area contributed by atoms with Crippen LogP contribution < -0.4 is 4.90 Å². The summed E-state index contributed by atoms with van der Waals surface area (Å²) < 4.78 is 0. The molecule has 13 heavy (non-hydrogen) atoms. The fourth-order valence-electron chi connectivity index (χ4n) is 1.80. The van der Waals surface area contributed by atoms with Crippen LogP contribution in [0.2, 0.25) is 0 Å². The van der Waals surface area contributed by atoms with Crippen molar-refractivity contribution in [2.24, 2.45) is 4.99 Å². The van der Waals surface area contributed by atoms with Crippen LogP contribution in [0.1, 0.15) is 6.42 Å². The molecule has 0 radical (unpaired) electrons. The second kappa shape index (κ2) is 4.03. The number of hydrogen-bond acceptors (Lipinski definition) is 2. The molecule has 0 aromatic carbocycles. The highest BCUT2D eigenvalue weighted by Crippen LogP contribution is 2.07. The van der Waals surface area contributed by atoms with Gasteiger partial charge < -0.3 is 4.90 Å². The molecule has 72 valence electrons. The van der Waals surface area contributed by atoms with Gasteiger partial charge in [-0.2, -0.15) is 7.05 Å². The second-order valence-corrected chi connectivity index (χ2v) is 3.70. The van der Waals surface area contributed by atoms with E-state index in [0.717, 1.165) is 32.6 Å². The molecular formula is C10H17N3. The van der Waals surface area contributed by atoms with Crippen molar-refractivity contribution in [2.75, 3.05) is 26.2 Å². The molecule has 2 heterocycles. The average Bonchev–Trinajstić information content (AvgIpc) is 2.20. The summed E-state index contributed by atoms with van der Waals surface area (Å²) in [4.78, 5) is 8.27. The maximum absolute atomic E-state index is 4.46. The summed E-state index contributed by atoms with van der Waals surface area (Å²) in [5.74, 6) is 0. The van der Waals surface area contributed by atoms with Gasteiger partial charge >= 0.3 is 0 Å². The first-order valence-corrected chi connectivity index (χ1v) is 4.95. The summed E-state index contributed by atoms with van der Waals surface area (Å²) in [6.07, 6.45) is 7.71. The van der Waals surface area contributed by atoms with E-state index in [4.69, 9.17) is 0 Å². The lowest BCUT2D eigenvalue weighted by Gasteiger charge is -2.36. The summed E-state index contributed by atoms with van der Waals surface area (Å²) in [6.45, 7) is 4.51. The Hall–Kier alpha value is -0.670. The molecule has 1 N–H and O–H groups in total. The van der Waals surface area contributed by atoms with Crippen LogP contribution in [0.15, 0.2) is 17.1 Å². The fourth-order valence-corrected chi connectivity index (χ4v) is 1.80. The molecule has 2 rings (SSSR count). The molecule has 0 amide bonds. The summed E-state index contributed by atoms with van der Waals surface area (Å²) in [5, 5.41) is 0. The lowest BCUT2D eigenvalue weighted by atomic mass is 10.2. The van der Waals surface area contributed by atoms with Crippen molar-refractivity contribution in [3.8, 4) is 0 Å². The van der Waals surface area contributed by atoms with Gasteiger partial charge in [0.1, 0.15) is 6.17 Å². The first kappa shape index (κ1) is 8.91. The highest BCUT2D eigenvalue weighted by atomic mass is 15.3. The zero-order valence-electron chi connectivity index (χ0n) is 7.95. The third kappa shape index (κ3) is 2.17. The van der Waals surface area contributed by atoms with Gasteiger partial charge in [0.2, 0.25) is 0 Å². The van der Waals surface area contributed by atoms with Crippen LogP contribution in [0.25, 0.3) is 0 Å². The zero-order valence-corrected chi connectivity index (χ0v) is 7.95. The Kier molecular flexibility index (Phi) is 2.76. The Morgan fingerprint density at radius 2 is 2.15 bits per heavy atom. The average molecular weight is 179 g/mol. The largest absolute Gasteiger partial charge is 0.466 e. The van der Waals surface area contributed by atoms with E-state index in [2.05, 4.69) is 29.1 Å². The van der Waals surface area contributed by atoms with Gasteiger partial charge in [-0.3, -0.25) is 9.89 Å². The Bertz CT molecular complexity index is 202. The van der Waals surface area contributed by atoms with Gasteiger partial charge in [-0.05, 0) is 6.08 Å². The summed E-state index contributed by atoms with van der Waals surface area (Å²) in [6, 6.07) is 0. The first-order chi connectivity index (χ1) is 6.36.